The van der Waals surface area contributed by atoms with E-state index in [-0.39, 0.29) is 0 Å². The SMILES string of the molecule is COC(=O)c1cnnn1Cc1ccccc1N. The maximum absolute atomic E-state index is 11.4. The van der Waals surface area contributed by atoms with Gasteiger partial charge in [0.1, 0.15) is 0 Å². The fourth-order valence-electron chi connectivity index (χ4n) is 1.48. The summed E-state index contributed by atoms with van der Waals surface area (Å²) in [5.74, 6) is -0.468. The molecule has 88 valence electrons. The van der Waals surface area contributed by atoms with Crippen LogP contribution in [0.2, 0.25) is 0 Å². The van der Waals surface area contributed by atoms with Gasteiger partial charge in [-0.2, -0.15) is 0 Å². The van der Waals surface area contributed by atoms with E-state index in [1.54, 1.807) is 6.07 Å². The number of methoxy groups -OCH3 is 1. The Morgan fingerprint density at radius 3 is 2.94 bits per heavy atom. The standard InChI is InChI=1S/C11H12N4O2/c1-17-11(16)10-6-13-14-15(10)7-8-4-2-3-5-9(8)12/h2-6H,7,12H2,1H3. The number of hydrogen-bond donors (Lipinski definition) is 1. The van der Waals surface area contributed by atoms with Crippen molar-refractivity contribution < 1.29 is 9.53 Å². The van der Waals surface area contributed by atoms with Crippen LogP contribution in [-0.2, 0) is 11.3 Å². The van der Waals surface area contributed by atoms with Crippen molar-refractivity contribution in [1.82, 2.24) is 15.0 Å². The van der Waals surface area contributed by atoms with Crippen molar-refractivity contribution in [3.05, 3.63) is 41.7 Å². The molecule has 0 aliphatic carbocycles. The predicted octanol–water partition coefficient (Wildman–Crippen LogP) is 0.695. The summed E-state index contributed by atoms with van der Waals surface area (Å²) in [4.78, 5) is 11.4. The van der Waals surface area contributed by atoms with E-state index in [1.807, 2.05) is 18.2 Å². The average molecular weight is 232 g/mol. The second-order valence-corrected chi connectivity index (χ2v) is 3.47. The summed E-state index contributed by atoms with van der Waals surface area (Å²) in [6, 6.07) is 7.39. The Hall–Kier alpha value is -2.37. The first kappa shape index (κ1) is 11.1. The zero-order chi connectivity index (χ0) is 12.3. The highest BCUT2D eigenvalue weighted by atomic mass is 16.5. The van der Waals surface area contributed by atoms with Gasteiger partial charge in [0.15, 0.2) is 5.69 Å². The van der Waals surface area contributed by atoms with Crippen molar-refractivity contribution in [1.29, 1.82) is 0 Å². The highest BCUT2D eigenvalue weighted by molar-refractivity contribution is 5.86. The molecule has 2 N–H and O–H groups in total. The lowest BCUT2D eigenvalue weighted by molar-refractivity contribution is 0.0587. The highest BCUT2D eigenvalue weighted by Crippen LogP contribution is 2.12. The van der Waals surface area contributed by atoms with Crippen LogP contribution in [0.1, 0.15) is 16.1 Å². The Morgan fingerprint density at radius 1 is 1.47 bits per heavy atom. The number of benzene rings is 1. The number of nitrogens with two attached hydrogens (primary N) is 1. The van der Waals surface area contributed by atoms with Crippen LogP contribution in [0.4, 0.5) is 5.69 Å². The number of carbonyl (C=O) groups is 1. The average Bonchev–Trinajstić information content (AvgIpc) is 2.79. The number of hydrogen-bond acceptors (Lipinski definition) is 5. The van der Waals surface area contributed by atoms with E-state index in [4.69, 9.17) is 5.73 Å². The van der Waals surface area contributed by atoms with E-state index in [1.165, 1.54) is 18.0 Å². The monoisotopic (exact) mass is 232 g/mol. The molecule has 0 saturated heterocycles. The van der Waals surface area contributed by atoms with Crippen LogP contribution in [0.5, 0.6) is 0 Å². The van der Waals surface area contributed by atoms with Gasteiger partial charge in [-0.15, -0.1) is 5.10 Å². The normalized spacial score (nSPS) is 10.2. The summed E-state index contributed by atoms with van der Waals surface area (Å²) in [7, 11) is 1.32. The third-order valence-corrected chi connectivity index (χ3v) is 2.39. The van der Waals surface area contributed by atoms with E-state index >= 15 is 0 Å². The maximum atomic E-state index is 11.4. The summed E-state index contributed by atoms with van der Waals surface area (Å²) >= 11 is 0. The van der Waals surface area contributed by atoms with E-state index < -0.39 is 5.97 Å². The molecule has 0 amide bonds. The van der Waals surface area contributed by atoms with Crippen molar-refractivity contribution in [3.8, 4) is 0 Å². The van der Waals surface area contributed by atoms with E-state index in [0.717, 1.165) is 5.56 Å². The van der Waals surface area contributed by atoms with Crippen LogP contribution < -0.4 is 5.73 Å². The molecule has 0 aliphatic rings. The molecule has 17 heavy (non-hydrogen) atoms. The van der Waals surface area contributed by atoms with Crippen LogP contribution in [0.25, 0.3) is 0 Å². The second-order valence-electron chi connectivity index (χ2n) is 3.47. The second kappa shape index (κ2) is 4.65. The van der Waals surface area contributed by atoms with E-state index in [2.05, 4.69) is 15.0 Å². The molecule has 6 nitrogen and oxygen atoms in total. The smallest absolute Gasteiger partial charge is 0.358 e. The Kier molecular flexibility index (Phi) is 3.04. The Bertz CT molecular complexity index is 536. The number of esters is 1. The van der Waals surface area contributed by atoms with Crippen LogP contribution in [0.3, 0.4) is 0 Å². The molecule has 0 atom stereocenters. The molecule has 0 saturated carbocycles. The van der Waals surface area contributed by atoms with Crippen LogP contribution in [0.15, 0.2) is 30.5 Å². The van der Waals surface area contributed by atoms with Gasteiger partial charge in [-0.25, -0.2) is 9.48 Å². The van der Waals surface area contributed by atoms with Gasteiger partial charge in [0, 0.05) is 5.69 Å². The van der Waals surface area contributed by atoms with Gasteiger partial charge in [0.2, 0.25) is 0 Å². The topological polar surface area (TPSA) is 83.0 Å². The summed E-state index contributed by atoms with van der Waals surface area (Å²) in [5, 5.41) is 7.52. The van der Waals surface area contributed by atoms with Gasteiger partial charge >= 0.3 is 5.97 Å². The first-order valence-corrected chi connectivity index (χ1v) is 5.02. The molecule has 0 unspecified atom stereocenters. The number of rotatable bonds is 3. The van der Waals surface area contributed by atoms with Crippen molar-refractivity contribution in [2.75, 3.05) is 12.8 Å². The molecule has 0 aliphatic heterocycles. The third-order valence-electron chi connectivity index (χ3n) is 2.39. The Morgan fingerprint density at radius 2 is 2.24 bits per heavy atom. The molecule has 0 radical (unpaired) electrons. The number of para-hydroxylation sites is 1. The molecule has 1 aromatic heterocycles. The van der Waals surface area contributed by atoms with Crippen molar-refractivity contribution in [2.45, 2.75) is 6.54 Å². The lowest BCUT2D eigenvalue weighted by Gasteiger charge is -2.07. The number of carbonyl (C=O) groups excluding carboxylic acids is 1. The number of nitrogen functional groups attached to an aromatic ring is 1. The van der Waals surface area contributed by atoms with E-state index in [0.29, 0.717) is 17.9 Å². The summed E-state index contributed by atoms with van der Waals surface area (Å²) in [6.07, 6.45) is 1.37. The van der Waals surface area contributed by atoms with Gasteiger partial charge < -0.3 is 10.5 Å². The Labute approximate surface area is 98.0 Å². The lowest BCUT2D eigenvalue weighted by atomic mass is 10.2. The fourth-order valence-corrected chi connectivity index (χ4v) is 1.48. The molecule has 2 rings (SSSR count). The van der Waals surface area contributed by atoms with Crippen molar-refractivity contribution in [2.24, 2.45) is 0 Å². The quantitative estimate of drug-likeness (QED) is 0.622. The minimum absolute atomic E-state index is 0.302. The van der Waals surface area contributed by atoms with Crippen molar-refractivity contribution in [3.63, 3.8) is 0 Å². The molecule has 1 aromatic carbocycles. The molecular formula is C11H12N4O2. The minimum atomic E-state index is -0.468. The number of ether oxygens (including phenoxy) is 1. The lowest BCUT2D eigenvalue weighted by Crippen LogP contribution is -2.13. The number of nitrogens with zero attached hydrogens (tertiary/aromatic N) is 3. The van der Waals surface area contributed by atoms with Gasteiger partial charge in [0.25, 0.3) is 0 Å². The van der Waals surface area contributed by atoms with Crippen LogP contribution >= 0.6 is 0 Å². The maximum Gasteiger partial charge on any atom is 0.358 e. The minimum Gasteiger partial charge on any atom is -0.464 e. The first-order valence-electron chi connectivity index (χ1n) is 5.02. The fraction of sp³-hybridized carbons (Fsp3) is 0.182. The van der Waals surface area contributed by atoms with Gasteiger partial charge in [-0.1, -0.05) is 23.4 Å². The number of anilines is 1. The largest absolute Gasteiger partial charge is 0.464 e. The van der Waals surface area contributed by atoms with Crippen LogP contribution in [-0.4, -0.2) is 28.1 Å². The predicted molar refractivity (Wildman–Crippen MR) is 61.3 cm³/mol. The zero-order valence-electron chi connectivity index (χ0n) is 9.33. The summed E-state index contributed by atoms with van der Waals surface area (Å²) in [6.45, 7) is 0.386. The van der Waals surface area contributed by atoms with Crippen LogP contribution in [0, 0.1) is 0 Å². The molecule has 6 heteroatoms. The van der Waals surface area contributed by atoms with E-state index in [9.17, 15) is 4.79 Å². The summed E-state index contributed by atoms with van der Waals surface area (Å²) in [5.41, 5.74) is 7.65. The third kappa shape index (κ3) is 2.25. The molecule has 1 heterocycles. The molecule has 0 fully saturated rings. The summed E-state index contributed by atoms with van der Waals surface area (Å²) < 4.78 is 6.09. The number of aromatic nitrogens is 3. The highest BCUT2D eigenvalue weighted by Gasteiger charge is 2.14. The van der Waals surface area contributed by atoms with Gasteiger partial charge in [-0.05, 0) is 11.6 Å². The molecule has 0 bridgehead atoms. The molecular weight excluding hydrogens is 220 g/mol. The Balaban J connectivity index is 2.28. The first-order chi connectivity index (χ1) is 8.22. The van der Waals surface area contributed by atoms with Gasteiger partial charge in [-0.3, -0.25) is 0 Å². The van der Waals surface area contributed by atoms with Crippen molar-refractivity contribution >= 4 is 11.7 Å². The zero-order valence-corrected chi connectivity index (χ0v) is 9.33. The molecule has 0 spiro atoms. The molecule has 2 aromatic rings. The van der Waals surface area contributed by atoms with Gasteiger partial charge in [0.05, 0.1) is 19.9 Å².